The van der Waals surface area contributed by atoms with Crippen LogP contribution in [0, 0.1) is 11.8 Å². The molecule has 2 fully saturated rings. The number of rotatable bonds is 4. The van der Waals surface area contributed by atoms with E-state index in [0.717, 1.165) is 31.6 Å². The van der Waals surface area contributed by atoms with Gasteiger partial charge < -0.3 is 0 Å². The van der Waals surface area contributed by atoms with Gasteiger partial charge in [0.05, 0.1) is 12.0 Å². The van der Waals surface area contributed by atoms with Gasteiger partial charge in [0.1, 0.15) is 0 Å². The molecule has 4 nitrogen and oxygen atoms in total. The van der Waals surface area contributed by atoms with Crippen LogP contribution >= 0.6 is 0 Å². The smallest absolute Gasteiger partial charge is 0.234 e. The number of likely N-dealkylation sites (tertiary alicyclic amines) is 2. The molecule has 0 radical (unpaired) electrons. The number of hydrogen-bond acceptors (Lipinski definition) is 3. The summed E-state index contributed by atoms with van der Waals surface area (Å²) in [5.41, 5.74) is 2.32. The first-order valence-electron chi connectivity index (χ1n) is 9.80. The predicted molar refractivity (Wildman–Crippen MR) is 105 cm³/mol. The molecule has 0 aromatic heterocycles. The molecule has 0 bridgehead atoms. The minimum absolute atomic E-state index is 0.00872. The van der Waals surface area contributed by atoms with E-state index >= 15 is 0 Å². The second kappa shape index (κ2) is 7.65. The minimum Gasteiger partial charge on any atom is -0.298 e. The Morgan fingerprint density at radius 3 is 2.37 bits per heavy atom. The summed E-state index contributed by atoms with van der Waals surface area (Å²) in [6, 6.07) is 20.2. The van der Waals surface area contributed by atoms with Crippen LogP contribution in [0.15, 0.2) is 60.7 Å². The second-order valence-corrected chi connectivity index (χ2v) is 7.83. The Labute approximate surface area is 160 Å². The van der Waals surface area contributed by atoms with Gasteiger partial charge in [-0.15, -0.1) is 0 Å². The summed E-state index contributed by atoms with van der Waals surface area (Å²) in [5, 5.41) is 0. The maximum absolute atomic E-state index is 13.3. The lowest BCUT2D eigenvalue weighted by Crippen LogP contribution is -2.41. The van der Waals surface area contributed by atoms with Crippen molar-refractivity contribution in [2.75, 3.05) is 13.1 Å². The molecule has 27 heavy (non-hydrogen) atoms. The van der Waals surface area contributed by atoms with Crippen molar-refractivity contribution in [2.24, 2.45) is 11.8 Å². The van der Waals surface area contributed by atoms with Crippen molar-refractivity contribution in [3.05, 3.63) is 71.8 Å². The molecule has 4 heteroatoms. The molecule has 0 unspecified atom stereocenters. The molecule has 0 aliphatic carbocycles. The quantitative estimate of drug-likeness (QED) is 0.780. The van der Waals surface area contributed by atoms with Crippen LogP contribution < -0.4 is 0 Å². The summed E-state index contributed by atoms with van der Waals surface area (Å²) < 4.78 is 0. The van der Waals surface area contributed by atoms with E-state index in [0.29, 0.717) is 6.42 Å². The van der Waals surface area contributed by atoms with Gasteiger partial charge in [0.25, 0.3) is 0 Å². The SMILES string of the molecule is C[C@@H]1CN(Cc2ccccc2)C[C@H]1C(=O)N1C(=O)CC[C@H]1c1ccccc1. The van der Waals surface area contributed by atoms with Gasteiger partial charge in [-0.3, -0.25) is 19.4 Å². The van der Waals surface area contributed by atoms with Gasteiger partial charge in [0.15, 0.2) is 0 Å². The van der Waals surface area contributed by atoms with Crippen LogP contribution in [0.3, 0.4) is 0 Å². The van der Waals surface area contributed by atoms with Gasteiger partial charge >= 0.3 is 0 Å². The molecular formula is C23H26N2O2. The van der Waals surface area contributed by atoms with Gasteiger partial charge in [-0.1, -0.05) is 67.6 Å². The molecule has 140 valence electrons. The summed E-state index contributed by atoms with van der Waals surface area (Å²) in [6.45, 7) is 4.60. The number of nitrogens with zero attached hydrogens (tertiary/aromatic N) is 2. The van der Waals surface area contributed by atoms with E-state index < -0.39 is 0 Å². The Morgan fingerprint density at radius 2 is 1.67 bits per heavy atom. The molecule has 3 atom stereocenters. The Bertz CT molecular complexity index is 806. The van der Waals surface area contributed by atoms with Crippen molar-refractivity contribution in [2.45, 2.75) is 32.4 Å². The summed E-state index contributed by atoms with van der Waals surface area (Å²) >= 11 is 0. The molecule has 2 aromatic rings. The molecule has 0 saturated carbocycles. The number of benzene rings is 2. The zero-order valence-electron chi connectivity index (χ0n) is 15.8. The summed E-state index contributed by atoms with van der Waals surface area (Å²) in [6.07, 6.45) is 1.18. The molecule has 0 spiro atoms. The zero-order chi connectivity index (χ0) is 18.8. The highest BCUT2D eigenvalue weighted by Crippen LogP contribution is 2.36. The van der Waals surface area contributed by atoms with Crippen molar-refractivity contribution in [1.29, 1.82) is 0 Å². The van der Waals surface area contributed by atoms with Gasteiger partial charge in [-0.05, 0) is 23.5 Å². The molecule has 2 heterocycles. The highest BCUT2D eigenvalue weighted by atomic mass is 16.2. The van der Waals surface area contributed by atoms with Gasteiger partial charge in [-0.25, -0.2) is 0 Å². The monoisotopic (exact) mass is 362 g/mol. The predicted octanol–water partition coefficient (Wildman–Crippen LogP) is 3.64. The van der Waals surface area contributed by atoms with E-state index in [1.54, 1.807) is 4.90 Å². The van der Waals surface area contributed by atoms with E-state index in [2.05, 4.69) is 24.0 Å². The van der Waals surface area contributed by atoms with Gasteiger partial charge in [0, 0.05) is 26.1 Å². The summed E-state index contributed by atoms with van der Waals surface area (Å²) in [7, 11) is 0. The minimum atomic E-state index is -0.110. The number of imide groups is 1. The lowest BCUT2D eigenvalue weighted by molar-refractivity contribution is -0.147. The molecular weight excluding hydrogens is 336 g/mol. The van der Waals surface area contributed by atoms with Crippen LogP contribution in [0.1, 0.15) is 36.9 Å². The van der Waals surface area contributed by atoms with E-state index in [9.17, 15) is 9.59 Å². The van der Waals surface area contributed by atoms with Crippen LogP contribution in [-0.2, 0) is 16.1 Å². The molecule has 2 aliphatic heterocycles. The normalized spacial score (nSPS) is 25.9. The average Bonchev–Trinajstić information content (AvgIpc) is 3.25. The van der Waals surface area contributed by atoms with E-state index in [-0.39, 0.29) is 29.7 Å². The third-order valence-electron chi connectivity index (χ3n) is 5.89. The van der Waals surface area contributed by atoms with E-state index in [1.165, 1.54) is 5.56 Å². The van der Waals surface area contributed by atoms with Crippen molar-refractivity contribution in [1.82, 2.24) is 9.80 Å². The first-order valence-corrected chi connectivity index (χ1v) is 9.80. The van der Waals surface area contributed by atoms with Crippen LogP contribution in [0.4, 0.5) is 0 Å². The zero-order valence-corrected chi connectivity index (χ0v) is 15.8. The third-order valence-corrected chi connectivity index (χ3v) is 5.89. The average molecular weight is 362 g/mol. The fraction of sp³-hybridized carbons (Fsp3) is 0.391. The fourth-order valence-corrected chi connectivity index (χ4v) is 4.49. The van der Waals surface area contributed by atoms with Crippen LogP contribution in [0.25, 0.3) is 0 Å². The number of hydrogen-bond donors (Lipinski definition) is 0. The highest BCUT2D eigenvalue weighted by Gasteiger charge is 2.43. The second-order valence-electron chi connectivity index (χ2n) is 7.83. The van der Waals surface area contributed by atoms with Crippen LogP contribution in [0.5, 0.6) is 0 Å². The summed E-state index contributed by atoms with van der Waals surface area (Å²) in [4.78, 5) is 29.7. The van der Waals surface area contributed by atoms with Crippen molar-refractivity contribution >= 4 is 11.8 Å². The van der Waals surface area contributed by atoms with Crippen LogP contribution in [-0.4, -0.2) is 34.7 Å². The van der Waals surface area contributed by atoms with Crippen molar-refractivity contribution in [3.8, 4) is 0 Å². The topological polar surface area (TPSA) is 40.6 Å². The number of amides is 2. The molecule has 2 amide bonds. The van der Waals surface area contributed by atoms with E-state index in [1.807, 2.05) is 48.5 Å². The lowest BCUT2D eigenvalue weighted by atomic mass is 9.95. The largest absolute Gasteiger partial charge is 0.298 e. The number of carbonyl (C=O) groups excluding carboxylic acids is 2. The molecule has 2 aliphatic rings. The highest BCUT2D eigenvalue weighted by molar-refractivity contribution is 5.98. The molecule has 0 N–H and O–H groups in total. The fourth-order valence-electron chi connectivity index (χ4n) is 4.49. The Morgan fingerprint density at radius 1 is 1.00 bits per heavy atom. The standard InChI is InChI=1S/C23H26N2O2/c1-17-14-24(15-18-8-4-2-5-9-18)16-20(17)23(27)25-21(12-13-22(25)26)19-10-6-3-7-11-19/h2-11,17,20-21H,12-16H2,1H3/t17-,20-,21+/m1/s1. The summed E-state index contributed by atoms with van der Waals surface area (Å²) in [5.74, 6) is 0.130. The van der Waals surface area contributed by atoms with Crippen LogP contribution in [0.2, 0.25) is 0 Å². The van der Waals surface area contributed by atoms with Crippen molar-refractivity contribution < 1.29 is 9.59 Å². The first kappa shape index (κ1) is 17.9. The Hall–Kier alpha value is -2.46. The number of carbonyl (C=O) groups is 2. The Kier molecular flexibility index (Phi) is 5.08. The van der Waals surface area contributed by atoms with Gasteiger partial charge in [-0.2, -0.15) is 0 Å². The maximum Gasteiger partial charge on any atom is 0.234 e. The Balaban J connectivity index is 1.49. The molecule has 2 saturated heterocycles. The molecule has 4 rings (SSSR count). The maximum atomic E-state index is 13.3. The third kappa shape index (κ3) is 3.67. The van der Waals surface area contributed by atoms with E-state index in [4.69, 9.17) is 0 Å². The first-order chi connectivity index (χ1) is 13.1. The van der Waals surface area contributed by atoms with Crippen molar-refractivity contribution in [3.63, 3.8) is 0 Å². The van der Waals surface area contributed by atoms with Gasteiger partial charge in [0.2, 0.25) is 11.8 Å². The lowest BCUT2D eigenvalue weighted by Gasteiger charge is -2.27. The molecule has 2 aromatic carbocycles.